The van der Waals surface area contributed by atoms with Crippen molar-refractivity contribution < 1.29 is 34.8 Å². The molecule has 0 aromatic heterocycles. The molecule has 29 heavy (non-hydrogen) atoms. The van der Waals surface area contributed by atoms with Crippen LogP contribution >= 0.6 is 0 Å². The SMILES string of the molecule is O=C1/C(=C/c2ccc(C(=O)O)cc2O)CCC/C1=C\c1ccc(C(=O)O)cc1O. The number of hydrogen-bond donors (Lipinski definition) is 4. The van der Waals surface area contributed by atoms with Crippen LogP contribution in [0.4, 0.5) is 0 Å². The van der Waals surface area contributed by atoms with Gasteiger partial charge in [-0.2, -0.15) is 0 Å². The first-order valence-electron chi connectivity index (χ1n) is 8.84. The summed E-state index contributed by atoms with van der Waals surface area (Å²) in [5.74, 6) is -3.02. The number of ketones is 1. The molecular weight excluding hydrogens is 376 g/mol. The van der Waals surface area contributed by atoms with E-state index in [4.69, 9.17) is 10.2 Å². The highest BCUT2D eigenvalue weighted by Crippen LogP contribution is 2.31. The molecule has 0 atom stereocenters. The molecule has 0 unspecified atom stereocenters. The number of aromatic hydroxyl groups is 2. The van der Waals surface area contributed by atoms with E-state index in [1.54, 1.807) is 0 Å². The number of carbonyl (C=O) groups is 3. The monoisotopic (exact) mass is 394 g/mol. The molecule has 0 spiro atoms. The predicted molar refractivity (Wildman–Crippen MR) is 105 cm³/mol. The maximum atomic E-state index is 12.8. The van der Waals surface area contributed by atoms with Crippen molar-refractivity contribution >= 4 is 29.9 Å². The van der Waals surface area contributed by atoms with Crippen LogP contribution in [-0.2, 0) is 4.79 Å². The van der Waals surface area contributed by atoms with E-state index in [2.05, 4.69) is 0 Å². The van der Waals surface area contributed by atoms with Crippen LogP contribution in [0, 0.1) is 0 Å². The Morgan fingerprint density at radius 1 is 0.759 bits per heavy atom. The number of carboxylic acid groups (broad SMARTS) is 2. The number of hydrogen-bond acceptors (Lipinski definition) is 5. The highest BCUT2D eigenvalue weighted by molar-refractivity contribution is 6.14. The van der Waals surface area contributed by atoms with Crippen molar-refractivity contribution in [1.29, 1.82) is 0 Å². The van der Waals surface area contributed by atoms with Crippen molar-refractivity contribution in [2.24, 2.45) is 0 Å². The summed E-state index contributed by atoms with van der Waals surface area (Å²) >= 11 is 0. The Morgan fingerprint density at radius 2 is 1.17 bits per heavy atom. The van der Waals surface area contributed by atoms with E-state index >= 15 is 0 Å². The van der Waals surface area contributed by atoms with Gasteiger partial charge in [-0.1, -0.05) is 12.1 Å². The number of carboxylic acids is 2. The van der Waals surface area contributed by atoms with E-state index in [1.165, 1.54) is 36.4 Å². The molecule has 7 nitrogen and oxygen atoms in total. The second-order valence-electron chi connectivity index (χ2n) is 6.68. The Bertz CT molecular complexity index is 993. The van der Waals surface area contributed by atoms with Gasteiger partial charge in [-0.25, -0.2) is 9.59 Å². The van der Waals surface area contributed by atoms with Crippen molar-refractivity contribution in [3.8, 4) is 11.5 Å². The van der Waals surface area contributed by atoms with E-state index in [9.17, 15) is 24.6 Å². The number of benzene rings is 2. The fourth-order valence-electron chi connectivity index (χ4n) is 3.15. The zero-order valence-corrected chi connectivity index (χ0v) is 15.3. The third-order valence-corrected chi connectivity index (χ3v) is 4.69. The Kier molecular flexibility index (Phi) is 5.50. The summed E-state index contributed by atoms with van der Waals surface area (Å²) in [6, 6.07) is 7.82. The molecule has 148 valence electrons. The summed E-state index contributed by atoms with van der Waals surface area (Å²) < 4.78 is 0. The van der Waals surface area contributed by atoms with Gasteiger partial charge in [-0.3, -0.25) is 4.79 Å². The van der Waals surface area contributed by atoms with Gasteiger partial charge in [0.2, 0.25) is 0 Å². The minimum absolute atomic E-state index is 0.0551. The Hall–Kier alpha value is -3.87. The molecule has 2 aromatic rings. The van der Waals surface area contributed by atoms with Gasteiger partial charge in [0.25, 0.3) is 0 Å². The van der Waals surface area contributed by atoms with Gasteiger partial charge in [-0.05, 0) is 55.7 Å². The number of allylic oxidation sites excluding steroid dienone is 2. The second kappa shape index (κ2) is 8.02. The molecule has 3 rings (SSSR count). The van der Waals surface area contributed by atoms with E-state index in [1.807, 2.05) is 0 Å². The van der Waals surface area contributed by atoms with Crippen LogP contribution in [0.2, 0.25) is 0 Å². The molecule has 1 aliphatic rings. The van der Waals surface area contributed by atoms with Crippen molar-refractivity contribution in [1.82, 2.24) is 0 Å². The highest BCUT2D eigenvalue weighted by Gasteiger charge is 2.21. The van der Waals surface area contributed by atoms with Crippen molar-refractivity contribution in [2.45, 2.75) is 19.3 Å². The normalized spacial score (nSPS) is 16.9. The van der Waals surface area contributed by atoms with Gasteiger partial charge >= 0.3 is 11.9 Å². The fourth-order valence-corrected chi connectivity index (χ4v) is 3.15. The summed E-state index contributed by atoms with van der Waals surface area (Å²) in [7, 11) is 0. The molecule has 0 aliphatic heterocycles. The molecule has 4 N–H and O–H groups in total. The minimum Gasteiger partial charge on any atom is -0.507 e. The molecule has 0 amide bonds. The molecule has 1 aliphatic carbocycles. The Morgan fingerprint density at radius 3 is 1.52 bits per heavy atom. The topological polar surface area (TPSA) is 132 Å². The molecule has 0 bridgehead atoms. The maximum absolute atomic E-state index is 12.8. The lowest BCUT2D eigenvalue weighted by atomic mass is 9.86. The molecule has 2 aromatic carbocycles. The summed E-state index contributed by atoms with van der Waals surface area (Å²) in [4.78, 5) is 34.8. The first-order chi connectivity index (χ1) is 13.8. The van der Waals surface area contributed by atoms with E-state index < -0.39 is 11.9 Å². The lowest BCUT2D eigenvalue weighted by molar-refractivity contribution is -0.112. The van der Waals surface area contributed by atoms with Crippen molar-refractivity contribution in [2.75, 3.05) is 0 Å². The van der Waals surface area contributed by atoms with Crippen LogP contribution in [0.25, 0.3) is 12.2 Å². The lowest BCUT2D eigenvalue weighted by Gasteiger charge is -2.17. The molecule has 1 fully saturated rings. The van der Waals surface area contributed by atoms with E-state index in [0.717, 1.165) is 12.1 Å². The second-order valence-corrected chi connectivity index (χ2v) is 6.68. The van der Waals surface area contributed by atoms with Crippen LogP contribution < -0.4 is 0 Å². The molecule has 7 heteroatoms. The zero-order valence-electron chi connectivity index (χ0n) is 15.3. The van der Waals surface area contributed by atoms with Gasteiger partial charge in [0, 0.05) is 22.3 Å². The maximum Gasteiger partial charge on any atom is 0.335 e. The molecular formula is C22H18O7. The first-order valence-corrected chi connectivity index (χ1v) is 8.84. The van der Waals surface area contributed by atoms with Crippen LogP contribution in [-0.4, -0.2) is 38.1 Å². The molecule has 0 radical (unpaired) electrons. The number of rotatable bonds is 4. The third kappa shape index (κ3) is 4.35. The zero-order chi connectivity index (χ0) is 21.1. The Labute approximate surface area is 165 Å². The average Bonchev–Trinajstić information content (AvgIpc) is 2.67. The van der Waals surface area contributed by atoms with Gasteiger partial charge < -0.3 is 20.4 Å². The number of phenolic OH excluding ortho intramolecular Hbond substituents is 2. The quantitative estimate of drug-likeness (QED) is 0.581. The van der Waals surface area contributed by atoms with Crippen LogP contribution in [0.15, 0.2) is 47.5 Å². The molecule has 1 saturated carbocycles. The smallest absolute Gasteiger partial charge is 0.335 e. The summed E-state index contributed by atoms with van der Waals surface area (Å²) in [5.41, 5.74) is 1.49. The lowest BCUT2D eigenvalue weighted by Crippen LogP contribution is -2.12. The number of Topliss-reactive ketones (excluding diaryl/α,β-unsaturated/α-hetero) is 1. The molecule has 0 heterocycles. The average molecular weight is 394 g/mol. The van der Waals surface area contributed by atoms with Gasteiger partial charge in [-0.15, -0.1) is 0 Å². The minimum atomic E-state index is -1.16. The summed E-state index contributed by atoms with van der Waals surface area (Å²) in [6.45, 7) is 0. The molecule has 0 saturated heterocycles. The van der Waals surface area contributed by atoms with E-state index in [-0.39, 0.29) is 28.4 Å². The number of carbonyl (C=O) groups excluding carboxylic acids is 1. The standard InChI is InChI=1S/C22H18O7/c23-18-10-16(21(26)27)6-4-12(18)8-14-2-1-3-15(20(14)25)9-13-5-7-17(22(28)29)11-19(13)24/h4-11,23-24H,1-3H2,(H,26,27)(H,28,29)/b14-8+,15-9+. The number of aromatic carboxylic acids is 2. The summed E-state index contributed by atoms with van der Waals surface area (Å²) in [6.07, 6.45) is 4.75. The van der Waals surface area contributed by atoms with Gasteiger partial charge in [0.1, 0.15) is 11.5 Å². The Balaban J connectivity index is 1.91. The van der Waals surface area contributed by atoms with Gasteiger partial charge in [0.05, 0.1) is 11.1 Å². The first kappa shape index (κ1) is 19.9. The van der Waals surface area contributed by atoms with Crippen LogP contribution in [0.5, 0.6) is 11.5 Å². The van der Waals surface area contributed by atoms with Crippen molar-refractivity contribution in [3.63, 3.8) is 0 Å². The largest absolute Gasteiger partial charge is 0.507 e. The van der Waals surface area contributed by atoms with E-state index in [0.29, 0.717) is 41.5 Å². The van der Waals surface area contributed by atoms with Gasteiger partial charge in [0.15, 0.2) is 5.78 Å². The van der Waals surface area contributed by atoms with Crippen LogP contribution in [0.1, 0.15) is 51.1 Å². The predicted octanol–water partition coefficient (Wildman–Crippen LogP) is 3.71. The van der Waals surface area contributed by atoms with Crippen molar-refractivity contribution in [3.05, 3.63) is 69.8 Å². The third-order valence-electron chi connectivity index (χ3n) is 4.69. The highest BCUT2D eigenvalue weighted by atomic mass is 16.4. The summed E-state index contributed by atoms with van der Waals surface area (Å²) in [5, 5.41) is 38.0. The fraction of sp³-hybridized carbons (Fsp3) is 0.136. The number of phenols is 2. The van der Waals surface area contributed by atoms with Crippen LogP contribution in [0.3, 0.4) is 0 Å².